The van der Waals surface area contributed by atoms with E-state index in [1.54, 1.807) is 0 Å². The molecule has 5 heteroatoms. The molecule has 1 aromatic rings. The van der Waals surface area contributed by atoms with Crippen LogP contribution in [0.25, 0.3) is 0 Å². The van der Waals surface area contributed by atoms with Crippen LogP contribution >= 0.6 is 15.9 Å². The summed E-state index contributed by atoms with van der Waals surface area (Å²) in [6.45, 7) is 1.74. The van der Waals surface area contributed by atoms with E-state index >= 15 is 0 Å². The predicted molar refractivity (Wildman–Crippen MR) is 74.3 cm³/mol. The zero-order valence-corrected chi connectivity index (χ0v) is 11.7. The smallest absolute Gasteiger partial charge is 0.103 e. The van der Waals surface area contributed by atoms with Crippen LogP contribution in [0.1, 0.15) is 18.4 Å². The molecule has 96 valence electrons. The Labute approximate surface area is 115 Å². The highest BCUT2D eigenvalue weighted by atomic mass is 79.9. The molecule has 0 aromatic heterocycles. The molecular formula is C13H16BrN3O. The van der Waals surface area contributed by atoms with Crippen molar-refractivity contribution in [2.45, 2.75) is 18.4 Å². The number of rotatable bonds is 2. The summed E-state index contributed by atoms with van der Waals surface area (Å²) < 4.78 is 0.808. The fraction of sp³-hybridized carbons (Fsp3) is 0.462. The quantitative estimate of drug-likeness (QED) is 0.870. The van der Waals surface area contributed by atoms with Gasteiger partial charge in [0.15, 0.2) is 0 Å². The number of halogens is 1. The molecule has 1 saturated heterocycles. The van der Waals surface area contributed by atoms with Crippen LogP contribution in [0.4, 0.5) is 5.69 Å². The fourth-order valence-corrected chi connectivity index (χ4v) is 2.70. The fourth-order valence-electron chi connectivity index (χ4n) is 2.25. The minimum absolute atomic E-state index is 0.296. The highest BCUT2D eigenvalue weighted by Gasteiger charge is 2.31. The van der Waals surface area contributed by atoms with Crippen LogP contribution < -0.4 is 10.6 Å². The number of nitriles is 1. The average Bonchev–Trinajstić information content (AvgIpc) is 2.39. The molecule has 3 N–H and O–H groups in total. The summed E-state index contributed by atoms with van der Waals surface area (Å²) in [5.74, 6) is 0. The van der Waals surface area contributed by atoms with Crippen LogP contribution in [0.5, 0.6) is 0 Å². The van der Waals surface area contributed by atoms with Crippen LogP contribution in [-0.2, 0) is 0 Å². The van der Waals surface area contributed by atoms with E-state index < -0.39 is 5.60 Å². The Morgan fingerprint density at radius 2 is 2.11 bits per heavy atom. The number of nitrogens with zero attached hydrogens (tertiary/aromatic N) is 2. The SMILES string of the molecule is N#Cc1c(Br)cccc1N1CCC(O)(CN)CC1. The van der Waals surface area contributed by atoms with Crippen molar-refractivity contribution in [2.75, 3.05) is 24.5 Å². The summed E-state index contributed by atoms with van der Waals surface area (Å²) >= 11 is 3.39. The van der Waals surface area contributed by atoms with Crippen molar-refractivity contribution >= 4 is 21.6 Å². The first-order chi connectivity index (χ1) is 8.59. The van der Waals surface area contributed by atoms with Crippen LogP contribution in [0.2, 0.25) is 0 Å². The van der Waals surface area contributed by atoms with E-state index in [0.717, 1.165) is 23.2 Å². The number of hydrogen-bond acceptors (Lipinski definition) is 4. The summed E-state index contributed by atoms with van der Waals surface area (Å²) in [5.41, 5.74) is 6.40. The maximum Gasteiger partial charge on any atom is 0.103 e. The van der Waals surface area contributed by atoms with Gasteiger partial charge in [0.25, 0.3) is 0 Å². The maximum absolute atomic E-state index is 10.1. The zero-order valence-electron chi connectivity index (χ0n) is 10.1. The van der Waals surface area contributed by atoms with Gasteiger partial charge >= 0.3 is 0 Å². The molecule has 1 heterocycles. The molecule has 0 unspecified atom stereocenters. The van der Waals surface area contributed by atoms with Gasteiger partial charge in [0, 0.05) is 24.1 Å². The van der Waals surface area contributed by atoms with Crippen molar-refractivity contribution in [3.05, 3.63) is 28.2 Å². The molecule has 0 amide bonds. The Morgan fingerprint density at radius 3 is 2.67 bits per heavy atom. The third kappa shape index (κ3) is 2.51. The normalized spacial score (nSPS) is 18.4. The minimum atomic E-state index is -0.741. The number of nitrogens with two attached hydrogens (primary N) is 1. The van der Waals surface area contributed by atoms with Crippen LogP contribution in [0.3, 0.4) is 0 Å². The lowest BCUT2D eigenvalue weighted by Crippen LogP contribution is -2.48. The second-order valence-corrected chi connectivity index (χ2v) is 5.52. The molecule has 2 rings (SSSR count). The Balaban J connectivity index is 2.21. The lowest BCUT2D eigenvalue weighted by atomic mass is 9.91. The first-order valence-corrected chi connectivity index (χ1v) is 6.75. The van der Waals surface area contributed by atoms with Crippen LogP contribution in [-0.4, -0.2) is 30.3 Å². The molecule has 1 aromatic carbocycles. The first-order valence-electron chi connectivity index (χ1n) is 5.96. The van der Waals surface area contributed by atoms with Gasteiger partial charge in [-0.25, -0.2) is 0 Å². The largest absolute Gasteiger partial charge is 0.388 e. The summed E-state index contributed by atoms with van der Waals surface area (Å²) in [7, 11) is 0. The van der Waals surface area contributed by atoms with E-state index in [1.807, 2.05) is 18.2 Å². The van der Waals surface area contributed by atoms with Gasteiger partial charge < -0.3 is 15.7 Å². The number of anilines is 1. The van der Waals surface area contributed by atoms with Gasteiger partial charge in [-0.3, -0.25) is 0 Å². The van der Waals surface area contributed by atoms with Gasteiger partial charge in [-0.15, -0.1) is 0 Å². The lowest BCUT2D eigenvalue weighted by molar-refractivity contribution is 0.0250. The van der Waals surface area contributed by atoms with Crippen molar-refractivity contribution in [3.63, 3.8) is 0 Å². The molecule has 0 atom stereocenters. The standard InChI is InChI=1S/C13H16BrN3O/c14-11-2-1-3-12(10(11)8-15)17-6-4-13(18,9-16)5-7-17/h1-3,18H,4-7,9,16H2. The Hall–Kier alpha value is -1.09. The third-order valence-electron chi connectivity index (χ3n) is 3.52. The van der Waals surface area contributed by atoms with Crippen molar-refractivity contribution in [1.82, 2.24) is 0 Å². The maximum atomic E-state index is 10.1. The molecule has 0 saturated carbocycles. The first kappa shape index (κ1) is 13.3. The third-order valence-corrected chi connectivity index (χ3v) is 4.18. The summed E-state index contributed by atoms with van der Waals surface area (Å²) in [4.78, 5) is 2.13. The molecular weight excluding hydrogens is 294 g/mol. The minimum Gasteiger partial charge on any atom is -0.388 e. The molecule has 0 radical (unpaired) electrons. The van der Waals surface area contributed by atoms with Gasteiger partial charge in [-0.1, -0.05) is 6.07 Å². The van der Waals surface area contributed by atoms with Gasteiger partial charge in [0.05, 0.1) is 16.9 Å². The highest BCUT2D eigenvalue weighted by Crippen LogP contribution is 2.31. The van der Waals surface area contributed by atoms with Crippen molar-refractivity contribution in [2.24, 2.45) is 5.73 Å². The monoisotopic (exact) mass is 309 g/mol. The predicted octanol–water partition coefficient (Wildman–Crippen LogP) is 1.61. The summed E-state index contributed by atoms with van der Waals surface area (Å²) in [5, 5.41) is 19.3. The molecule has 0 spiro atoms. The Morgan fingerprint density at radius 1 is 1.44 bits per heavy atom. The van der Waals surface area contributed by atoms with E-state index in [2.05, 4.69) is 26.9 Å². The van der Waals surface area contributed by atoms with Crippen molar-refractivity contribution < 1.29 is 5.11 Å². The van der Waals surface area contributed by atoms with E-state index in [9.17, 15) is 10.4 Å². The van der Waals surface area contributed by atoms with Crippen molar-refractivity contribution in [1.29, 1.82) is 5.26 Å². The molecule has 1 aliphatic heterocycles. The zero-order chi connectivity index (χ0) is 13.2. The Bertz CT molecular complexity index is 476. The van der Waals surface area contributed by atoms with E-state index in [-0.39, 0.29) is 0 Å². The van der Waals surface area contributed by atoms with Gasteiger partial charge in [-0.05, 0) is 40.9 Å². The lowest BCUT2D eigenvalue weighted by Gasteiger charge is -2.39. The average molecular weight is 310 g/mol. The number of hydrogen-bond donors (Lipinski definition) is 2. The van der Waals surface area contributed by atoms with Gasteiger partial charge in [-0.2, -0.15) is 5.26 Å². The van der Waals surface area contributed by atoms with Crippen molar-refractivity contribution in [3.8, 4) is 6.07 Å². The highest BCUT2D eigenvalue weighted by molar-refractivity contribution is 9.10. The molecule has 0 bridgehead atoms. The number of piperidine rings is 1. The van der Waals surface area contributed by atoms with Crippen LogP contribution in [0, 0.1) is 11.3 Å². The molecule has 1 aliphatic rings. The summed E-state index contributed by atoms with van der Waals surface area (Å²) in [6, 6.07) is 7.94. The molecule has 1 fully saturated rings. The second-order valence-electron chi connectivity index (χ2n) is 4.66. The summed E-state index contributed by atoms with van der Waals surface area (Å²) in [6.07, 6.45) is 1.28. The Kier molecular flexibility index (Phi) is 3.91. The van der Waals surface area contributed by atoms with Gasteiger partial charge in [0.1, 0.15) is 6.07 Å². The second kappa shape index (κ2) is 5.27. The molecule has 0 aliphatic carbocycles. The van der Waals surface area contributed by atoms with Crippen LogP contribution in [0.15, 0.2) is 22.7 Å². The molecule has 4 nitrogen and oxygen atoms in total. The number of aliphatic hydroxyl groups is 1. The topological polar surface area (TPSA) is 73.3 Å². The van der Waals surface area contributed by atoms with E-state index in [4.69, 9.17) is 5.73 Å². The van der Waals surface area contributed by atoms with E-state index in [0.29, 0.717) is 24.9 Å². The van der Waals surface area contributed by atoms with Gasteiger partial charge in [0.2, 0.25) is 0 Å². The molecule has 18 heavy (non-hydrogen) atoms. The number of benzene rings is 1. The van der Waals surface area contributed by atoms with E-state index in [1.165, 1.54) is 0 Å².